The monoisotopic (exact) mass is 256 g/mol. The Morgan fingerprint density at radius 1 is 0.889 bits per heavy atom. The van der Waals surface area contributed by atoms with E-state index in [1.165, 1.54) is 38.8 Å². The molecule has 0 heterocycles. The van der Waals surface area contributed by atoms with Crippen molar-refractivity contribution in [2.75, 3.05) is 19.6 Å². The molecule has 0 aromatic heterocycles. The molecule has 0 fully saturated rings. The van der Waals surface area contributed by atoms with Gasteiger partial charge in [-0.1, -0.05) is 47.5 Å². The van der Waals surface area contributed by atoms with Gasteiger partial charge in [-0.3, -0.25) is 4.90 Å². The highest BCUT2D eigenvalue weighted by molar-refractivity contribution is 4.74. The second kappa shape index (κ2) is 10.8. The Morgan fingerprint density at radius 3 is 1.83 bits per heavy atom. The van der Waals surface area contributed by atoms with Gasteiger partial charge in [-0.15, -0.1) is 0 Å². The fourth-order valence-corrected chi connectivity index (χ4v) is 2.54. The van der Waals surface area contributed by atoms with Crippen molar-refractivity contribution in [3.63, 3.8) is 0 Å². The minimum Gasteiger partial charge on any atom is -0.312 e. The summed E-state index contributed by atoms with van der Waals surface area (Å²) in [6, 6.07) is 1.34. The predicted molar refractivity (Wildman–Crippen MR) is 83.2 cm³/mol. The molecule has 0 saturated heterocycles. The van der Waals surface area contributed by atoms with Crippen LogP contribution in [0, 0.1) is 5.92 Å². The van der Waals surface area contributed by atoms with E-state index in [1.54, 1.807) is 0 Å². The van der Waals surface area contributed by atoms with Gasteiger partial charge in [-0.2, -0.15) is 0 Å². The second-order valence-corrected chi connectivity index (χ2v) is 5.54. The van der Waals surface area contributed by atoms with Crippen LogP contribution in [0.5, 0.6) is 0 Å². The molecule has 0 aliphatic heterocycles. The van der Waals surface area contributed by atoms with Crippen molar-refractivity contribution in [3.8, 4) is 0 Å². The van der Waals surface area contributed by atoms with Gasteiger partial charge in [-0.05, 0) is 32.2 Å². The first-order valence-electron chi connectivity index (χ1n) is 8.10. The molecule has 2 heteroatoms. The van der Waals surface area contributed by atoms with E-state index < -0.39 is 0 Å². The molecule has 0 bridgehead atoms. The van der Waals surface area contributed by atoms with Crippen molar-refractivity contribution < 1.29 is 0 Å². The first-order valence-corrected chi connectivity index (χ1v) is 8.10. The highest BCUT2D eigenvalue weighted by Gasteiger charge is 2.16. The van der Waals surface area contributed by atoms with E-state index in [0.29, 0.717) is 12.1 Å². The Kier molecular flexibility index (Phi) is 10.8. The van der Waals surface area contributed by atoms with Crippen LogP contribution in [0.15, 0.2) is 0 Å². The number of nitrogens with one attached hydrogen (secondary N) is 1. The topological polar surface area (TPSA) is 15.3 Å². The van der Waals surface area contributed by atoms with Crippen LogP contribution >= 0.6 is 0 Å². The van der Waals surface area contributed by atoms with Crippen LogP contribution in [-0.2, 0) is 0 Å². The molecule has 2 nitrogen and oxygen atoms in total. The number of nitrogens with zero attached hydrogens (tertiary/aromatic N) is 1. The van der Waals surface area contributed by atoms with Crippen LogP contribution in [0.2, 0.25) is 0 Å². The van der Waals surface area contributed by atoms with E-state index in [4.69, 9.17) is 0 Å². The molecule has 1 atom stereocenters. The molecule has 0 rings (SSSR count). The third-order valence-corrected chi connectivity index (χ3v) is 4.36. The zero-order chi connectivity index (χ0) is 14.0. The van der Waals surface area contributed by atoms with Gasteiger partial charge < -0.3 is 5.32 Å². The SMILES string of the molecule is CCC(CC)CN(CC)C(C)CNC(CC)CC. The molecule has 0 aromatic carbocycles. The van der Waals surface area contributed by atoms with Crippen LogP contribution in [-0.4, -0.2) is 36.6 Å². The van der Waals surface area contributed by atoms with Gasteiger partial charge in [0.25, 0.3) is 0 Å². The summed E-state index contributed by atoms with van der Waals surface area (Å²) in [5, 5.41) is 3.70. The lowest BCUT2D eigenvalue weighted by molar-refractivity contribution is 0.174. The van der Waals surface area contributed by atoms with Crippen LogP contribution in [0.1, 0.15) is 67.2 Å². The lowest BCUT2D eigenvalue weighted by Crippen LogP contribution is -2.44. The van der Waals surface area contributed by atoms with E-state index in [-0.39, 0.29) is 0 Å². The van der Waals surface area contributed by atoms with Crippen molar-refractivity contribution in [3.05, 3.63) is 0 Å². The third-order valence-electron chi connectivity index (χ3n) is 4.36. The molecule has 0 radical (unpaired) electrons. The Labute approximate surface area is 116 Å². The van der Waals surface area contributed by atoms with E-state index >= 15 is 0 Å². The maximum absolute atomic E-state index is 3.70. The molecule has 110 valence electrons. The van der Waals surface area contributed by atoms with E-state index in [9.17, 15) is 0 Å². The third kappa shape index (κ3) is 6.75. The first kappa shape index (κ1) is 17.9. The summed E-state index contributed by atoms with van der Waals surface area (Å²) in [6.07, 6.45) is 5.09. The summed E-state index contributed by atoms with van der Waals surface area (Å²) in [7, 11) is 0. The maximum Gasteiger partial charge on any atom is 0.0192 e. The zero-order valence-corrected chi connectivity index (χ0v) is 13.6. The molecule has 18 heavy (non-hydrogen) atoms. The largest absolute Gasteiger partial charge is 0.312 e. The molecule has 0 aliphatic carbocycles. The summed E-state index contributed by atoms with van der Waals surface area (Å²) in [5.74, 6) is 0.862. The summed E-state index contributed by atoms with van der Waals surface area (Å²) in [5.41, 5.74) is 0. The standard InChI is InChI=1S/C16H36N2/c1-7-15(8-2)13-18(11-5)14(6)12-17-16(9-3)10-4/h14-17H,7-13H2,1-6H3. The summed E-state index contributed by atoms with van der Waals surface area (Å²) in [4.78, 5) is 2.63. The van der Waals surface area contributed by atoms with E-state index in [2.05, 4.69) is 51.8 Å². The minimum atomic E-state index is 0.649. The molecule has 0 amide bonds. The van der Waals surface area contributed by atoms with Gasteiger partial charge in [-0.25, -0.2) is 0 Å². The van der Waals surface area contributed by atoms with Gasteiger partial charge in [0, 0.05) is 25.2 Å². The van der Waals surface area contributed by atoms with E-state index in [1.807, 2.05) is 0 Å². The molecule has 0 aliphatic rings. The lowest BCUT2D eigenvalue weighted by Gasteiger charge is -2.32. The fraction of sp³-hybridized carbons (Fsp3) is 1.00. The normalized spacial score (nSPS) is 13.8. The first-order chi connectivity index (χ1) is 8.62. The Bertz CT molecular complexity index is 174. The van der Waals surface area contributed by atoms with Crippen LogP contribution in [0.4, 0.5) is 0 Å². The van der Waals surface area contributed by atoms with Gasteiger partial charge in [0.15, 0.2) is 0 Å². The molecule has 1 unspecified atom stereocenters. The highest BCUT2D eigenvalue weighted by atomic mass is 15.2. The van der Waals surface area contributed by atoms with Gasteiger partial charge >= 0.3 is 0 Å². The zero-order valence-electron chi connectivity index (χ0n) is 13.6. The fourth-order valence-electron chi connectivity index (χ4n) is 2.54. The second-order valence-electron chi connectivity index (χ2n) is 5.54. The van der Waals surface area contributed by atoms with Crippen molar-refractivity contribution in [2.45, 2.75) is 79.3 Å². The predicted octanol–water partition coefficient (Wildman–Crippen LogP) is 3.91. The van der Waals surface area contributed by atoms with Gasteiger partial charge in [0.1, 0.15) is 0 Å². The average Bonchev–Trinajstić information content (AvgIpc) is 2.41. The summed E-state index contributed by atoms with van der Waals surface area (Å²) in [6.45, 7) is 17.4. The Morgan fingerprint density at radius 2 is 1.44 bits per heavy atom. The van der Waals surface area contributed by atoms with Crippen molar-refractivity contribution in [2.24, 2.45) is 5.92 Å². The maximum atomic E-state index is 3.70. The van der Waals surface area contributed by atoms with Crippen molar-refractivity contribution >= 4 is 0 Å². The van der Waals surface area contributed by atoms with Gasteiger partial charge in [0.05, 0.1) is 0 Å². The quantitative estimate of drug-likeness (QED) is 0.603. The van der Waals surface area contributed by atoms with Crippen LogP contribution < -0.4 is 5.32 Å². The molecular formula is C16H36N2. The molecule has 0 saturated carbocycles. The summed E-state index contributed by atoms with van der Waals surface area (Å²) < 4.78 is 0. The number of rotatable bonds is 11. The van der Waals surface area contributed by atoms with Crippen molar-refractivity contribution in [1.29, 1.82) is 0 Å². The molecule has 0 aromatic rings. The number of likely N-dealkylation sites (N-methyl/N-ethyl adjacent to an activating group) is 1. The van der Waals surface area contributed by atoms with Gasteiger partial charge in [0.2, 0.25) is 0 Å². The smallest absolute Gasteiger partial charge is 0.0192 e. The average molecular weight is 256 g/mol. The summed E-state index contributed by atoms with van der Waals surface area (Å²) >= 11 is 0. The Hall–Kier alpha value is -0.0800. The number of hydrogen-bond acceptors (Lipinski definition) is 2. The molecule has 0 spiro atoms. The molecule has 1 N–H and O–H groups in total. The highest BCUT2D eigenvalue weighted by Crippen LogP contribution is 2.12. The van der Waals surface area contributed by atoms with Crippen LogP contribution in [0.3, 0.4) is 0 Å². The molecular weight excluding hydrogens is 220 g/mol. The van der Waals surface area contributed by atoms with Crippen LogP contribution in [0.25, 0.3) is 0 Å². The van der Waals surface area contributed by atoms with E-state index in [0.717, 1.165) is 12.5 Å². The Balaban J connectivity index is 4.12. The lowest BCUT2D eigenvalue weighted by atomic mass is 10.0. The number of hydrogen-bond donors (Lipinski definition) is 1. The minimum absolute atomic E-state index is 0.649. The van der Waals surface area contributed by atoms with Crippen molar-refractivity contribution in [1.82, 2.24) is 10.2 Å².